The van der Waals surface area contributed by atoms with Crippen molar-refractivity contribution in [2.75, 3.05) is 11.6 Å². The van der Waals surface area contributed by atoms with Gasteiger partial charge < -0.3 is 9.84 Å². The van der Waals surface area contributed by atoms with E-state index in [1.807, 2.05) is 0 Å². The molecule has 0 unspecified atom stereocenters. The van der Waals surface area contributed by atoms with Crippen molar-refractivity contribution in [3.63, 3.8) is 0 Å². The van der Waals surface area contributed by atoms with E-state index in [1.54, 1.807) is 37.3 Å². The van der Waals surface area contributed by atoms with E-state index < -0.39 is 18.1 Å². The van der Waals surface area contributed by atoms with Crippen molar-refractivity contribution in [2.24, 2.45) is 5.10 Å². The Morgan fingerprint density at radius 2 is 2.16 bits per heavy atom. The molecular weight excluding hydrogens is 352 g/mol. The molecule has 0 radical (unpaired) electrons. The van der Waals surface area contributed by atoms with Gasteiger partial charge in [0.1, 0.15) is 0 Å². The average molecular weight is 367 g/mol. The Bertz CT molecular complexity index is 797. The SMILES string of the molecule is CCOC(=O)c1csc(N2N=C(c3ccccc3)C[C@]2(O)C(F)F)n1. The number of ether oxygens (including phenoxy) is 1. The van der Waals surface area contributed by atoms with E-state index >= 15 is 0 Å². The summed E-state index contributed by atoms with van der Waals surface area (Å²) in [7, 11) is 0. The number of alkyl halides is 2. The molecule has 3 rings (SSSR count). The summed E-state index contributed by atoms with van der Waals surface area (Å²) in [4.78, 5) is 15.7. The van der Waals surface area contributed by atoms with Crippen molar-refractivity contribution in [1.82, 2.24) is 4.98 Å². The highest BCUT2D eigenvalue weighted by Crippen LogP contribution is 2.38. The molecule has 0 saturated heterocycles. The zero-order chi connectivity index (χ0) is 18.0. The zero-order valence-electron chi connectivity index (χ0n) is 13.2. The van der Waals surface area contributed by atoms with Gasteiger partial charge in [0, 0.05) is 11.8 Å². The van der Waals surface area contributed by atoms with Gasteiger partial charge in [-0.25, -0.2) is 23.6 Å². The van der Waals surface area contributed by atoms with Crippen molar-refractivity contribution in [3.8, 4) is 0 Å². The molecule has 2 aromatic rings. The lowest BCUT2D eigenvalue weighted by Crippen LogP contribution is -2.49. The number of hydrazone groups is 1. The summed E-state index contributed by atoms with van der Waals surface area (Å²) in [5.74, 6) is -0.656. The van der Waals surface area contributed by atoms with Crippen LogP contribution in [0.25, 0.3) is 0 Å². The molecule has 6 nitrogen and oxygen atoms in total. The minimum Gasteiger partial charge on any atom is -0.461 e. The van der Waals surface area contributed by atoms with Gasteiger partial charge in [0.2, 0.25) is 10.9 Å². The van der Waals surface area contributed by atoms with Crippen LogP contribution in [0.5, 0.6) is 0 Å². The molecule has 1 atom stereocenters. The molecule has 1 N–H and O–H groups in total. The molecule has 1 aliphatic rings. The number of esters is 1. The van der Waals surface area contributed by atoms with Gasteiger partial charge >= 0.3 is 5.97 Å². The molecule has 0 spiro atoms. The number of benzene rings is 1. The molecule has 0 saturated carbocycles. The minimum atomic E-state index is -3.08. The average Bonchev–Trinajstić information content (AvgIpc) is 3.21. The Hall–Kier alpha value is -2.39. The Morgan fingerprint density at radius 1 is 1.44 bits per heavy atom. The number of aromatic nitrogens is 1. The topological polar surface area (TPSA) is 75.0 Å². The van der Waals surface area contributed by atoms with Gasteiger partial charge in [0.25, 0.3) is 6.43 Å². The summed E-state index contributed by atoms with van der Waals surface area (Å²) in [6.45, 7) is 1.82. The predicted molar refractivity (Wildman–Crippen MR) is 89.1 cm³/mol. The fourth-order valence-corrected chi connectivity index (χ4v) is 3.21. The van der Waals surface area contributed by atoms with Crippen LogP contribution in [0.2, 0.25) is 0 Å². The van der Waals surface area contributed by atoms with E-state index in [1.165, 1.54) is 5.38 Å². The second-order valence-corrected chi connectivity index (χ2v) is 6.15. The van der Waals surface area contributed by atoms with E-state index in [-0.39, 0.29) is 23.9 Å². The van der Waals surface area contributed by atoms with Crippen molar-refractivity contribution in [3.05, 3.63) is 47.0 Å². The standard InChI is InChI=1S/C16H15F2N3O3S/c1-2-24-13(22)12-9-25-15(19-12)21-16(23,14(17)18)8-11(20-21)10-6-4-3-5-7-10/h3-7,9,14,23H,2,8H2,1H3/t16-/m0/s1. The van der Waals surface area contributed by atoms with Crippen molar-refractivity contribution < 1.29 is 23.4 Å². The van der Waals surface area contributed by atoms with Gasteiger partial charge in [-0.2, -0.15) is 5.10 Å². The molecule has 25 heavy (non-hydrogen) atoms. The van der Waals surface area contributed by atoms with Crippen LogP contribution in [0.1, 0.15) is 29.4 Å². The van der Waals surface area contributed by atoms with Crippen molar-refractivity contribution in [1.29, 1.82) is 0 Å². The summed E-state index contributed by atoms with van der Waals surface area (Å²) < 4.78 is 31.9. The molecule has 1 aromatic carbocycles. The smallest absolute Gasteiger partial charge is 0.357 e. The Balaban J connectivity index is 1.96. The fourth-order valence-electron chi connectivity index (χ4n) is 2.39. The summed E-state index contributed by atoms with van der Waals surface area (Å²) in [5.41, 5.74) is -1.58. The number of carbonyl (C=O) groups excluding carboxylic acids is 1. The number of anilines is 1. The number of hydrogen-bond donors (Lipinski definition) is 1. The van der Waals surface area contributed by atoms with Gasteiger partial charge in [-0.3, -0.25) is 0 Å². The number of hydrogen-bond acceptors (Lipinski definition) is 7. The molecule has 2 heterocycles. The summed E-state index contributed by atoms with van der Waals surface area (Å²) in [6, 6.07) is 8.75. The quantitative estimate of drug-likeness (QED) is 0.823. The third kappa shape index (κ3) is 3.24. The normalized spacial score (nSPS) is 20.0. The van der Waals surface area contributed by atoms with Crippen LogP contribution in [0, 0.1) is 0 Å². The Kier molecular flexibility index (Phi) is 4.78. The van der Waals surface area contributed by atoms with Crippen LogP contribution in [0.4, 0.5) is 13.9 Å². The molecule has 0 fully saturated rings. The lowest BCUT2D eigenvalue weighted by molar-refractivity contribution is -0.0867. The van der Waals surface area contributed by atoms with E-state index in [2.05, 4.69) is 10.1 Å². The number of aliphatic hydroxyl groups is 1. The summed E-state index contributed by atoms with van der Waals surface area (Å²) in [6.07, 6.45) is -3.43. The van der Waals surface area contributed by atoms with E-state index in [9.17, 15) is 18.7 Å². The highest BCUT2D eigenvalue weighted by Gasteiger charge is 2.51. The zero-order valence-corrected chi connectivity index (χ0v) is 14.0. The lowest BCUT2D eigenvalue weighted by atomic mass is 10.0. The number of halogens is 2. The van der Waals surface area contributed by atoms with Crippen LogP contribution >= 0.6 is 11.3 Å². The lowest BCUT2D eigenvalue weighted by Gasteiger charge is -2.29. The number of thiazole rings is 1. The van der Waals surface area contributed by atoms with Crippen LogP contribution in [0.15, 0.2) is 40.8 Å². The van der Waals surface area contributed by atoms with Crippen LogP contribution in [0.3, 0.4) is 0 Å². The van der Waals surface area contributed by atoms with Crippen molar-refractivity contribution >= 4 is 28.1 Å². The van der Waals surface area contributed by atoms with Gasteiger partial charge in [-0.1, -0.05) is 30.3 Å². The maximum Gasteiger partial charge on any atom is 0.357 e. The number of rotatable bonds is 5. The molecule has 132 valence electrons. The first kappa shape index (κ1) is 17.4. The Labute approximate surface area is 146 Å². The maximum absolute atomic E-state index is 13.6. The first-order valence-electron chi connectivity index (χ1n) is 7.52. The highest BCUT2D eigenvalue weighted by atomic mass is 32.1. The molecule has 1 aromatic heterocycles. The molecule has 9 heteroatoms. The second kappa shape index (κ2) is 6.85. The molecule has 0 amide bonds. The van der Waals surface area contributed by atoms with Gasteiger partial charge in [-0.15, -0.1) is 11.3 Å². The molecule has 1 aliphatic heterocycles. The van der Waals surface area contributed by atoms with Crippen LogP contribution in [-0.4, -0.2) is 40.5 Å². The largest absolute Gasteiger partial charge is 0.461 e. The molecular formula is C16H15F2N3O3S. The molecule has 0 bridgehead atoms. The monoisotopic (exact) mass is 367 g/mol. The van der Waals surface area contributed by atoms with Gasteiger partial charge in [0.05, 0.1) is 12.3 Å². The van der Waals surface area contributed by atoms with Gasteiger partial charge in [-0.05, 0) is 12.5 Å². The maximum atomic E-state index is 13.6. The molecule has 0 aliphatic carbocycles. The summed E-state index contributed by atoms with van der Waals surface area (Å²) in [5, 5.41) is 16.8. The first-order valence-corrected chi connectivity index (χ1v) is 8.40. The van der Waals surface area contributed by atoms with Crippen molar-refractivity contribution in [2.45, 2.75) is 25.5 Å². The second-order valence-electron chi connectivity index (χ2n) is 5.32. The third-order valence-electron chi connectivity index (χ3n) is 3.63. The van der Waals surface area contributed by atoms with Crippen LogP contribution in [-0.2, 0) is 4.74 Å². The third-order valence-corrected chi connectivity index (χ3v) is 4.45. The first-order chi connectivity index (χ1) is 12.0. The fraction of sp³-hybridized carbons (Fsp3) is 0.312. The van der Waals surface area contributed by atoms with Crippen LogP contribution < -0.4 is 5.01 Å². The Morgan fingerprint density at radius 3 is 2.80 bits per heavy atom. The predicted octanol–water partition coefficient (Wildman–Crippen LogP) is 2.89. The highest BCUT2D eigenvalue weighted by molar-refractivity contribution is 7.14. The number of nitrogens with zero attached hydrogens (tertiary/aromatic N) is 3. The van der Waals surface area contributed by atoms with Gasteiger partial charge in [0.15, 0.2) is 5.69 Å². The minimum absolute atomic E-state index is 0.00298. The van der Waals surface area contributed by atoms with E-state index in [4.69, 9.17) is 4.74 Å². The summed E-state index contributed by atoms with van der Waals surface area (Å²) >= 11 is 0.931. The number of carbonyl (C=O) groups is 1. The van der Waals surface area contributed by atoms with E-state index in [0.29, 0.717) is 11.3 Å². The van der Waals surface area contributed by atoms with E-state index in [0.717, 1.165) is 16.3 Å².